The number of anilines is 1. The Hall–Kier alpha value is -2.84. The van der Waals surface area contributed by atoms with Crippen LogP contribution in [0.2, 0.25) is 0 Å². The number of amides is 2. The topological polar surface area (TPSA) is 105 Å². The maximum atomic E-state index is 11.8. The van der Waals surface area contributed by atoms with Gasteiger partial charge in [0.2, 0.25) is 5.91 Å². The predicted octanol–water partition coefficient (Wildman–Crippen LogP) is 2.33. The number of carbonyl (C=O) groups is 2. The smallest absolute Gasteiger partial charge is 0.407 e. The van der Waals surface area contributed by atoms with Crippen LogP contribution in [-0.4, -0.2) is 60.1 Å². The summed E-state index contributed by atoms with van der Waals surface area (Å²) in [6.07, 6.45) is -0.0852. The molecule has 0 unspecified atom stereocenters. The minimum atomic E-state index is -0.586. The number of nitrogens with one attached hydrogen (secondary N) is 1. The highest BCUT2D eigenvalue weighted by atomic mass is 16.6. The molecular formula is C19H28N4O5. The number of hydrogen-bond acceptors (Lipinski definition) is 6. The summed E-state index contributed by atoms with van der Waals surface area (Å²) >= 11 is 0. The monoisotopic (exact) mass is 392 g/mol. The third kappa shape index (κ3) is 6.11. The Morgan fingerprint density at radius 2 is 1.86 bits per heavy atom. The fourth-order valence-electron chi connectivity index (χ4n) is 3.07. The Bertz CT molecular complexity index is 736. The van der Waals surface area contributed by atoms with Gasteiger partial charge in [-0.1, -0.05) is 0 Å². The Kier molecular flexibility index (Phi) is 6.82. The van der Waals surface area contributed by atoms with E-state index in [1.165, 1.54) is 6.07 Å². The van der Waals surface area contributed by atoms with E-state index in [1.54, 1.807) is 44.7 Å². The first kappa shape index (κ1) is 21.5. The summed E-state index contributed by atoms with van der Waals surface area (Å²) in [5.41, 5.74) is 1.09. The number of benzene rings is 1. The third-order valence-corrected chi connectivity index (χ3v) is 4.40. The Balaban J connectivity index is 2.08. The zero-order valence-electron chi connectivity index (χ0n) is 16.9. The molecule has 28 heavy (non-hydrogen) atoms. The van der Waals surface area contributed by atoms with Gasteiger partial charge in [-0.2, -0.15) is 0 Å². The quantitative estimate of drug-likeness (QED) is 0.609. The molecule has 0 bridgehead atoms. The van der Waals surface area contributed by atoms with Crippen molar-refractivity contribution in [2.75, 3.05) is 37.6 Å². The van der Waals surface area contributed by atoms with Crippen molar-refractivity contribution in [1.82, 2.24) is 10.2 Å². The molecule has 2 amide bonds. The molecule has 0 saturated carbocycles. The average Bonchev–Trinajstić information content (AvgIpc) is 2.60. The number of hydrogen-bond donors (Lipinski definition) is 1. The van der Waals surface area contributed by atoms with Crippen LogP contribution in [0.4, 0.5) is 16.2 Å². The number of piperazine rings is 1. The number of rotatable bonds is 5. The van der Waals surface area contributed by atoms with E-state index < -0.39 is 16.6 Å². The summed E-state index contributed by atoms with van der Waals surface area (Å²) in [6.45, 7) is 9.74. The van der Waals surface area contributed by atoms with Crippen LogP contribution < -0.4 is 10.2 Å². The van der Waals surface area contributed by atoms with Crippen molar-refractivity contribution in [3.8, 4) is 0 Å². The number of nitrogens with zero attached hydrogens (tertiary/aromatic N) is 3. The Morgan fingerprint density at radius 1 is 1.21 bits per heavy atom. The lowest BCUT2D eigenvalue weighted by molar-refractivity contribution is -0.384. The highest BCUT2D eigenvalue weighted by molar-refractivity contribution is 5.73. The van der Waals surface area contributed by atoms with Crippen LogP contribution in [0.3, 0.4) is 0 Å². The molecule has 1 aliphatic rings. The minimum Gasteiger partial charge on any atom is -0.444 e. The molecule has 1 aromatic rings. The van der Waals surface area contributed by atoms with E-state index in [2.05, 4.69) is 10.2 Å². The predicted molar refractivity (Wildman–Crippen MR) is 106 cm³/mol. The molecule has 1 saturated heterocycles. The van der Waals surface area contributed by atoms with Crippen molar-refractivity contribution in [2.24, 2.45) is 0 Å². The molecule has 0 aliphatic carbocycles. The van der Waals surface area contributed by atoms with Gasteiger partial charge < -0.3 is 19.9 Å². The molecule has 1 aliphatic heterocycles. The van der Waals surface area contributed by atoms with Gasteiger partial charge in [-0.05, 0) is 38.8 Å². The van der Waals surface area contributed by atoms with Gasteiger partial charge >= 0.3 is 6.09 Å². The van der Waals surface area contributed by atoms with E-state index >= 15 is 0 Å². The molecular weight excluding hydrogens is 364 g/mol. The van der Waals surface area contributed by atoms with Gasteiger partial charge in [0.1, 0.15) is 5.60 Å². The van der Waals surface area contributed by atoms with Gasteiger partial charge in [-0.15, -0.1) is 0 Å². The lowest BCUT2D eigenvalue weighted by Gasteiger charge is -2.36. The molecule has 0 atom stereocenters. The van der Waals surface area contributed by atoms with Crippen LogP contribution in [0.1, 0.15) is 33.3 Å². The number of non-ortho nitro benzene ring substituents is 1. The average molecular weight is 392 g/mol. The fourth-order valence-corrected chi connectivity index (χ4v) is 3.07. The molecule has 0 aromatic heterocycles. The van der Waals surface area contributed by atoms with E-state index in [1.807, 2.05) is 0 Å². The lowest BCUT2D eigenvalue weighted by atomic mass is 10.1. The summed E-state index contributed by atoms with van der Waals surface area (Å²) in [5, 5.41) is 13.8. The van der Waals surface area contributed by atoms with E-state index in [4.69, 9.17) is 4.74 Å². The van der Waals surface area contributed by atoms with Crippen molar-refractivity contribution in [2.45, 2.75) is 39.7 Å². The molecule has 1 N–H and O–H groups in total. The van der Waals surface area contributed by atoms with Gasteiger partial charge in [0, 0.05) is 57.5 Å². The van der Waals surface area contributed by atoms with Crippen LogP contribution in [0.15, 0.2) is 18.2 Å². The van der Waals surface area contributed by atoms with Crippen LogP contribution >= 0.6 is 0 Å². The first-order chi connectivity index (χ1) is 13.1. The van der Waals surface area contributed by atoms with Crippen LogP contribution in [0, 0.1) is 10.1 Å². The van der Waals surface area contributed by atoms with E-state index in [0.717, 1.165) is 11.3 Å². The third-order valence-electron chi connectivity index (χ3n) is 4.40. The van der Waals surface area contributed by atoms with Gasteiger partial charge in [0.25, 0.3) is 5.69 Å². The normalized spacial score (nSPS) is 14.6. The second kappa shape index (κ2) is 8.90. The van der Waals surface area contributed by atoms with Gasteiger partial charge in [0.05, 0.1) is 4.92 Å². The second-order valence-corrected chi connectivity index (χ2v) is 7.74. The first-order valence-corrected chi connectivity index (χ1v) is 9.31. The Morgan fingerprint density at radius 3 is 2.39 bits per heavy atom. The summed E-state index contributed by atoms with van der Waals surface area (Å²) in [5.74, 6) is 0.0464. The standard InChI is InChI=1S/C19H28N4O5/c1-14(24)21-9-11-22(12-10-21)17-6-5-16(23(26)27)13-15(17)7-8-20-18(25)28-19(2,3)4/h5-6,13H,7-12H2,1-4H3,(H,20,25). The molecule has 1 fully saturated rings. The van der Waals surface area contributed by atoms with Crippen molar-refractivity contribution in [3.63, 3.8) is 0 Å². The fraction of sp³-hybridized carbons (Fsp3) is 0.579. The maximum Gasteiger partial charge on any atom is 0.407 e. The number of nitro benzene ring substituents is 1. The molecule has 2 rings (SSSR count). The molecule has 154 valence electrons. The molecule has 9 heteroatoms. The summed E-state index contributed by atoms with van der Waals surface area (Å²) in [6, 6.07) is 4.77. The van der Waals surface area contributed by atoms with E-state index in [9.17, 15) is 19.7 Å². The highest BCUT2D eigenvalue weighted by Crippen LogP contribution is 2.27. The SMILES string of the molecule is CC(=O)N1CCN(c2ccc([N+](=O)[O-])cc2CCNC(=O)OC(C)(C)C)CC1. The summed E-state index contributed by atoms with van der Waals surface area (Å²) in [7, 11) is 0. The molecule has 1 heterocycles. The molecule has 0 spiro atoms. The number of alkyl carbamates (subject to hydrolysis) is 1. The summed E-state index contributed by atoms with van der Waals surface area (Å²) < 4.78 is 5.21. The van der Waals surface area contributed by atoms with Crippen molar-refractivity contribution < 1.29 is 19.2 Å². The zero-order chi connectivity index (χ0) is 20.9. The largest absolute Gasteiger partial charge is 0.444 e. The Labute approximate surface area is 164 Å². The number of carbonyl (C=O) groups excluding carboxylic acids is 2. The van der Waals surface area contributed by atoms with Crippen molar-refractivity contribution >= 4 is 23.4 Å². The number of nitro groups is 1. The molecule has 9 nitrogen and oxygen atoms in total. The van der Waals surface area contributed by atoms with E-state index in [0.29, 0.717) is 39.1 Å². The van der Waals surface area contributed by atoms with Crippen molar-refractivity contribution in [3.05, 3.63) is 33.9 Å². The van der Waals surface area contributed by atoms with E-state index in [-0.39, 0.29) is 11.6 Å². The number of ether oxygens (including phenoxy) is 1. The lowest BCUT2D eigenvalue weighted by Crippen LogP contribution is -2.48. The second-order valence-electron chi connectivity index (χ2n) is 7.74. The van der Waals surface area contributed by atoms with Crippen LogP contribution in [0.5, 0.6) is 0 Å². The molecule has 1 aromatic carbocycles. The van der Waals surface area contributed by atoms with Crippen LogP contribution in [0.25, 0.3) is 0 Å². The van der Waals surface area contributed by atoms with Crippen LogP contribution in [-0.2, 0) is 16.0 Å². The molecule has 0 radical (unpaired) electrons. The minimum absolute atomic E-state index is 0.0124. The zero-order valence-corrected chi connectivity index (χ0v) is 16.9. The van der Waals surface area contributed by atoms with Gasteiger partial charge in [0.15, 0.2) is 0 Å². The van der Waals surface area contributed by atoms with Crippen molar-refractivity contribution in [1.29, 1.82) is 0 Å². The maximum absolute atomic E-state index is 11.8. The van der Waals surface area contributed by atoms with Gasteiger partial charge in [-0.25, -0.2) is 4.79 Å². The van der Waals surface area contributed by atoms with Gasteiger partial charge in [-0.3, -0.25) is 14.9 Å². The summed E-state index contributed by atoms with van der Waals surface area (Å²) in [4.78, 5) is 38.0. The first-order valence-electron chi connectivity index (χ1n) is 9.31. The highest BCUT2D eigenvalue weighted by Gasteiger charge is 2.22.